The van der Waals surface area contributed by atoms with Crippen LogP contribution in [0, 0.1) is 12.8 Å². The molecule has 5 heteroatoms. The van der Waals surface area contributed by atoms with E-state index in [-0.39, 0.29) is 19.0 Å². The summed E-state index contributed by atoms with van der Waals surface area (Å²) in [4.78, 5) is 24.6. The lowest BCUT2D eigenvalue weighted by Gasteiger charge is -2.24. The highest BCUT2D eigenvalue weighted by molar-refractivity contribution is 5.93. The van der Waals surface area contributed by atoms with E-state index in [1.54, 1.807) is 0 Å². The smallest absolute Gasteiger partial charge is 0.321 e. The van der Waals surface area contributed by atoms with Gasteiger partial charge in [-0.25, -0.2) is 4.79 Å². The Morgan fingerprint density at radius 3 is 2.52 bits per heavy atom. The number of benzene rings is 1. The summed E-state index contributed by atoms with van der Waals surface area (Å²) < 4.78 is 0. The van der Waals surface area contributed by atoms with Crippen molar-refractivity contribution in [3.8, 4) is 0 Å². The number of carboxylic acids is 1. The normalized spacial score (nSPS) is 10.5. The van der Waals surface area contributed by atoms with Crippen LogP contribution in [0.15, 0.2) is 24.3 Å². The maximum Gasteiger partial charge on any atom is 0.321 e. The largest absolute Gasteiger partial charge is 0.481 e. The number of hydrogen-bond acceptors (Lipinski definition) is 2. The number of amides is 2. The Morgan fingerprint density at radius 2 is 1.95 bits per heavy atom. The Hall–Kier alpha value is -2.04. The first-order valence-corrected chi connectivity index (χ1v) is 7.24. The Balaban J connectivity index is 2.79. The maximum atomic E-state index is 12.3. The molecule has 0 radical (unpaired) electrons. The van der Waals surface area contributed by atoms with Gasteiger partial charge in [-0.1, -0.05) is 32.0 Å². The van der Waals surface area contributed by atoms with E-state index < -0.39 is 5.97 Å². The third-order valence-corrected chi connectivity index (χ3v) is 3.20. The van der Waals surface area contributed by atoms with Crippen molar-refractivity contribution in [3.63, 3.8) is 0 Å². The van der Waals surface area contributed by atoms with Gasteiger partial charge in [0.25, 0.3) is 0 Å². The highest BCUT2D eigenvalue weighted by Crippen LogP contribution is 2.19. The minimum atomic E-state index is -0.913. The van der Waals surface area contributed by atoms with Crippen molar-refractivity contribution in [1.82, 2.24) is 5.32 Å². The Bertz CT molecular complexity index is 486. The number of carbonyl (C=O) groups is 2. The highest BCUT2D eigenvalue weighted by atomic mass is 16.4. The van der Waals surface area contributed by atoms with Gasteiger partial charge in [-0.2, -0.15) is 0 Å². The number of aliphatic carboxylic acids is 1. The van der Waals surface area contributed by atoms with Crippen molar-refractivity contribution in [2.24, 2.45) is 5.92 Å². The van der Waals surface area contributed by atoms with E-state index in [2.05, 4.69) is 19.2 Å². The summed E-state index contributed by atoms with van der Waals surface area (Å²) in [6.07, 6.45) is 0.818. The molecule has 0 fully saturated rings. The lowest BCUT2D eigenvalue weighted by molar-refractivity contribution is -0.136. The summed E-state index contributed by atoms with van der Waals surface area (Å²) in [5.41, 5.74) is 1.70. The number of rotatable bonds is 7. The third-order valence-electron chi connectivity index (χ3n) is 3.20. The van der Waals surface area contributed by atoms with Gasteiger partial charge in [-0.15, -0.1) is 0 Å². The number of para-hydroxylation sites is 1. The van der Waals surface area contributed by atoms with Crippen LogP contribution in [0.4, 0.5) is 10.5 Å². The molecule has 0 aromatic heterocycles. The second kappa shape index (κ2) is 8.29. The fourth-order valence-corrected chi connectivity index (χ4v) is 1.97. The molecular formula is C16H24N2O3. The molecule has 0 bridgehead atoms. The molecule has 0 saturated heterocycles. The molecule has 0 spiro atoms. The Morgan fingerprint density at radius 1 is 1.29 bits per heavy atom. The number of carboxylic acid groups (broad SMARTS) is 1. The number of carbonyl (C=O) groups excluding carboxylic acids is 1. The van der Waals surface area contributed by atoms with Crippen LogP contribution in [0.5, 0.6) is 0 Å². The molecule has 0 aliphatic carbocycles. The average molecular weight is 292 g/mol. The number of nitrogens with zero attached hydrogens (tertiary/aromatic N) is 1. The summed E-state index contributed by atoms with van der Waals surface area (Å²) in [5, 5.41) is 11.7. The van der Waals surface area contributed by atoms with Crippen molar-refractivity contribution in [2.75, 3.05) is 18.0 Å². The third kappa shape index (κ3) is 5.85. The predicted octanol–water partition coefficient (Wildman–Crippen LogP) is 3.03. The lowest BCUT2D eigenvalue weighted by atomic mass is 10.1. The number of anilines is 1. The van der Waals surface area contributed by atoms with Gasteiger partial charge >= 0.3 is 12.0 Å². The first kappa shape index (κ1) is 17.0. The molecule has 2 amide bonds. The average Bonchev–Trinajstić information content (AvgIpc) is 2.40. The van der Waals surface area contributed by atoms with Gasteiger partial charge in [0.1, 0.15) is 0 Å². The minimum absolute atomic E-state index is 0.0774. The van der Waals surface area contributed by atoms with Crippen molar-refractivity contribution in [3.05, 3.63) is 29.8 Å². The summed E-state index contributed by atoms with van der Waals surface area (Å²) in [5.74, 6) is -0.403. The molecule has 0 atom stereocenters. The van der Waals surface area contributed by atoms with Gasteiger partial charge in [-0.05, 0) is 30.9 Å². The van der Waals surface area contributed by atoms with E-state index >= 15 is 0 Å². The molecule has 21 heavy (non-hydrogen) atoms. The first-order valence-electron chi connectivity index (χ1n) is 7.24. The monoisotopic (exact) mass is 292 g/mol. The van der Waals surface area contributed by atoms with E-state index in [9.17, 15) is 9.59 Å². The van der Waals surface area contributed by atoms with E-state index in [4.69, 9.17) is 5.11 Å². The zero-order valence-electron chi connectivity index (χ0n) is 12.9. The van der Waals surface area contributed by atoms with Crippen LogP contribution in [-0.2, 0) is 4.79 Å². The fraction of sp³-hybridized carbons (Fsp3) is 0.500. The molecule has 1 rings (SSSR count). The predicted molar refractivity (Wildman–Crippen MR) is 83.6 cm³/mol. The van der Waals surface area contributed by atoms with Gasteiger partial charge in [0.15, 0.2) is 0 Å². The van der Waals surface area contributed by atoms with Crippen LogP contribution in [0.3, 0.4) is 0 Å². The molecule has 0 aliphatic rings. The Labute approximate surface area is 126 Å². The molecule has 2 N–H and O–H groups in total. The zero-order valence-corrected chi connectivity index (χ0v) is 12.9. The quantitative estimate of drug-likeness (QED) is 0.811. The number of aryl methyl sites for hydroxylation is 1. The molecule has 1 aromatic carbocycles. The Kier molecular flexibility index (Phi) is 6.72. The molecule has 0 saturated carbocycles. The van der Waals surface area contributed by atoms with Gasteiger partial charge in [-0.3, -0.25) is 9.69 Å². The topological polar surface area (TPSA) is 69.6 Å². The van der Waals surface area contributed by atoms with Crippen LogP contribution in [0.1, 0.15) is 32.3 Å². The maximum absolute atomic E-state index is 12.3. The summed E-state index contributed by atoms with van der Waals surface area (Å²) in [6, 6.07) is 7.23. The van der Waals surface area contributed by atoms with Gasteiger partial charge in [0, 0.05) is 18.8 Å². The second-order valence-corrected chi connectivity index (χ2v) is 5.50. The van der Waals surface area contributed by atoms with Crippen molar-refractivity contribution >= 4 is 17.7 Å². The number of urea groups is 1. The van der Waals surface area contributed by atoms with Crippen molar-refractivity contribution < 1.29 is 14.7 Å². The number of nitrogens with one attached hydrogen (secondary N) is 1. The zero-order chi connectivity index (χ0) is 15.8. The van der Waals surface area contributed by atoms with Crippen LogP contribution in [0.2, 0.25) is 0 Å². The fourth-order valence-electron chi connectivity index (χ4n) is 1.97. The molecule has 0 heterocycles. The molecule has 0 unspecified atom stereocenters. The minimum Gasteiger partial charge on any atom is -0.481 e. The molecule has 0 aliphatic heterocycles. The molecule has 116 valence electrons. The van der Waals surface area contributed by atoms with Gasteiger partial charge < -0.3 is 10.4 Å². The SMILES string of the molecule is Cc1ccccc1N(CCC(=O)O)C(=O)NCCC(C)C. The lowest BCUT2D eigenvalue weighted by Crippen LogP contribution is -2.42. The highest BCUT2D eigenvalue weighted by Gasteiger charge is 2.18. The molecule has 1 aromatic rings. The number of hydrogen-bond donors (Lipinski definition) is 2. The summed E-state index contributed by atoms with van der Waals surface area (Å²) in [7, 11) is 0. The van der Waals surface area contributed by atoms with E-state index in [1.165, 1.54) is 4.90 Å². The van der Waals surface area contributed by atoms with Crippen LogP contribution < -0.4 is 10.2 Å². The summed E-state index contributed by atoms with van der Waals surface area (Å²) in [6.45, 7) is 6.84. The van der Waals surface area contributed by atoms with Gasteiger partial charge in [0.2, 0.25) is 0 Å². The molecule has 5 nitrogen and oxygen atoms in total. The van der Waals surface area contributed by atoms with E-state index in [0.717, 1.165) is 17.7 Å². The van der Waals surface area contributed by atoms with Gasteiger partial charge in [0.05, 0.1) is 6.42 Å². The van der Waals surface area contributed by atoms with E-state index in [0.29, 0.717) is 12.5 Å². The van der Waals surface area contributed by atoms with E-state index in [1.807, 2.05) is 31.2 Å². The van der Waals surface area contributed by atoms with Crippen LogP contribution in [-0.4, -0.2) is 30.2 Å². The molecular weight excluding hydrogens is 268 g/mol. The van der Waals surface area contributed by atoms with Crippen molar-refractivity contribution in [2.45, 2.75) is 33.6 Å². The van der Waals surface area contributed by atoms with Crippen LogP contribution >= 0.6 is 0 Å². The van der Waals surface area contributed by atoms with Crippen LogP contribution in [0.25, 0.3) is 0 Å². The van der Waals surface area contributed by atoms with Crippen molar-refractivity contribution in [1.29, 1.82) is 0 Å². The first-order chi connectivity index (χ1) is 9.91. The summed E-state index contributed by atoms with van der Waals surface area (Å²) >= 11 is 0. The standard InChI is InChI=1S/C16H24N2O3/c1-12(2)8-10-17-16(21)18(11-9-15(19)20)14-7-5-4-6-13(14)3/h4-7,12H,8-11H2,1-3H3,(H,17,21)(H,19,20). The second-order valence-electron chi connectivity index (χ2n) is 5.50.